The molecule has 120 valence electrons. The van der Waals surface area contributed by atoms with Gasteiger partial charge < -0.3 is 5.32 Å². The van der Waals surface area contributed by atoms with E-state index in [9.17, 15) is 0 Å². The quantitative estimate of drug-likeness (QED) is 0.898. The minimum atomic E-state index is 0.670. The van der Waals surface area contributed by atoms with Gasteiger partial charge in [-0.05, 0) is 67.2 Å². The summed E-state index contributed by atoms with van der Waals surface area (Å²) in [6.07, 6.45) is 6.59. The molecule has 0 amide bonds. The maximum atomic E-state index is 3.80. The van der Waals surface area contributed by atoms with Crippen LogP contribution in [0.5, 0.6) is 0 Å². The van der Waals surface area contributed by atoms with Crippen LogP contribution in [0, 0.1) is 11.8 Å². The van der Waals surface area contributed by atoms with Crippen LogP contribution in [0.1, 0.15) is 55.8 Å². The van der Waals surface area contributed by atoms with Crippen LogP contribution in [-0.2, 0) is 12.8 Å². The van der Waals surface area contributed by atoms with Gasteiger partial charge in [0.15, 0.2) is 0 Å². The molecule has 3 heterocycles. The summed E-state index contributed by atoms with van der Waals surface area (Å²) < 4.78 is 0. The summed E-state index contributed by atoms with van der Waals surface area (Å²) in [5.41, 5.74) is 4.80. The summed E-state index contributed by atoms with van der Waals surface area (Å²) >= 11 is 0. The van der Waals surface area contributed by atoms with Crippen molar-refractivity contribution in [3.05, 3.63) is 34.9 Å². The van der Waals surface area contributed by atoms with Crippen LogP contribution in [-0.4, -0.2) is 30.6 Å². The van der Waals surface area contributed by atoms with E-state index in [4.69, 9.17) is 0 Å². The molecule has 0 aliphatic carbocycles. The summed E-state index contributed by atoms with van der Waals surface area (Å²) in [7, 11) is 0. The normalized spacial score (nSPS) is 31.5. The number of nitrogens with one attached hydrogen (secondary N) is 1. The lowest BCUT2D eigenvalue weighted by molar-refractivity contribution is 0.0552. The van der Waals surface area contributed by atoms with Crippen molar-refractivity contribution in [2.45, 2.75) is 58.0 Å². The van der Waals surface area contributed by atoms with Gasteiger partial charge in [-0.2, -0.15) is 0 Å². The predicted octanol–water partition coefficient (Wildman–Crippen LogP) is 3.56. The summed E-state index contributed by atoms with van der Waals surface area (Å²) in [6.45, 7) is 8.45. The van der Waals surface area contributed by atoms with Crippen LogP contribution in [0.25, 0.3) is 0 Å². The van der Waals surface area contributed by atoms with Crippen molar-refractivity contribution in [2.24, 2.45) is 11.8 Å². The highest BCUT2D eigenvalue weighted by Gasteiger charge is 2.39. The molecule has 0 radical (unpaired) electrons. The molecule has 1 aromatic carbocycles. The fourth-order valence-electron chi connectivity index (χ4n) is 4.97. The molecule has 2 fully saturated rings. The van der Waals surface area contributed by atoms with E-state index in [1.807, 2.05) is 0 Å². The van der Waals surface area contributed by atoms with E-state index in [2.05, 4.69) is 42.3 Å². The molecule has 0 spiro atoms. The number of benzene rings is 1. The zero-order valence-electron chi connectivity index (χ0n) is 14.1. The van der Waals surface area contributed by atoms with E-state index in [-0.39, 0.29) is 0 Å². The van der Waals surface area contributed by atoms with Gasteiger partial charge in [0.25, 0.3) is 0 Å². The van der Waals surface area contributed by atoms with Crippen LogP contribution < -0.4 is 5.32 Å². The Labute approximate surface area is 135 Å². The van der Waals surface area contributed by atoms with Crippen LogP contribution >= 0.6 is 0 Å². The minimum Gasteiger partial charge on any atom is -0.314 e. The zero-order valence-corrected chi connectivity index (χ0v) is 14.1. The Hall–Kier alpha value is -0.860. The van der Waals surface area contributed by atoms with Crippen molar-refractivity contribution in [1.82, 2.24) is 10.2 Å². The summed E-state index contributed by atoms with van der Waals surface area (Å²) in [5, 5.41) is 3.80. The highest BCUT2D eigenvalue weighted by atomic mass is 15.2. The molecule has 2 saturated heterocycles. The molecule has 0 saturated carbocycles. The third-order valence-electron chi connectivity index (χ3n) is 5.99. The molecule has 0 bridgehead atoms. The topological polar surface area (TPSA) is 15.3 Å². The van der Waals surface area contributed by atoms with Gasteiger partial charge in [0.05, 0.1) is 0 Å². The van der Waals surface area contributed by atoms with E-state index in [1.54, 1.807) is 11.1 Å². The average molecular weight is 298 g/mol. The number of rotatable bonds is 2. The third-order valence-corrected chi connectivity index (χ3v) is 5.99. The number of nitrogens with zero attached hydrogens (tertiary/aromatic N) is 1. The highest BCUT2D eigenvalue weighted by Crippen LogP contribution is 2.40. The van der Waals surface area contributed by atoms with E-state index in [0.717, 1.165) is 17.9 Å². The molecule has 2 heteroatoms. The molecule has 3 aliphatic heterocycles. The standard InChI is InChI=1S/C20H30N2/c1-14(2)10-15-5-6-18-16(11-15)7-9-22-13-17-4-3-8-21-19(17)12-20(18)22/h5-6,11,14,17,19-21H,3-4,7-10,12-13H2,1-2H3. The summed E-state index contributed by atoms with van der Waals surface area (Å²) in [4.78, 5) is 2.78. The van der Waals surface area contributed by atoms with Crippen molar-refractivity contribution >= 4 is 0 Å². The third kappa shape index (κ3) is 2.72. The largest absolute Gasteiger partial charge is 0.314 e. The van der Waals surface area contributed by atoms with E-state index in [0.29, 0.717) is 6.04 Å². The molecule has 4 rings (SSSR count). The lowest BCUT2D eigenvalue weighted by Gasteiger charge is -2.49. The van der Waals surface area contributed by atoms with Crippen LogP contribution in [0.3, 0.4) is 0 Å². The first-order chi connectivity index (χ1) is 10.7. The highest BCUT2D eigenvalue weighted by molar-refractivity contribution is 5.37. The van der Waals surface area contributed by atoms with Crippen molar-refractivity contribution in [2.75, 3.05) is 19.6 Å². The first kappa shape index (κ1) is 14.7. The molecule has 0 aromatic heterocycles. The molecule has 3 aliphatic rings. The molecule has 22 heavy (non-hydrogen) atoms. The Morgan fingerprint density at radius 3 is 3.09 bits per heavy atom. The Balaban J connectivity index is 1.57. The molecule has 3 unspecified atom stereocenters. The Morgan fingerprint density at radius 2 is 2.23 bits per heavy atom. The van der Waals surface area contributed by atoms with Gasteiger partial charge in [0, 0.05) is 25.2 Å². The maximum Gasteiger partial charge on any atom is 0.0366 e. The summed E-state index contributed by atoms with van der Waals surface area (Å²) in [6, 6.07) is 8.78. The Morgan fingerprint density at radius 1 is 1.32 bits per heavy atom. The summed E-state index contributed by atoms with van der Waals surface area (Å²) in [5.74, 6) is 1.65. The number of fused-ring (bicyclic) bond motifs is 4. The van der Waals surface area contributed by atoms with Gasteiger partial charge in [0.2, 0.25) is 0 Å². The molecule has 2 nitrogen and oxygen atoms in total. The Kier molecular flexibility index (Phi) is 4.00. The van der Waals surface area contributed by atoms with Crippen molar-refractivity contribution in [1.29, 1.82) is 0 Å². The predicted molar refractivity (Wildman–Crippen MR) is 92.1 cm³/mol. The first-order valence-electron chi connectivity index (χ1n) is 9.30. The van der Waals surface area contributed by atoms with Crippen molar-refractivity contribution < 1.29 is 0 Å². The Bertz CT molecular complexity index is 537. The smallest absolute Gasteiger partial charge is 0.0366 e. The maximum absolute atomic E-state index is 3.80. The fourth-order valence-corrected chi connectivity index (χ4v) is 4.97. The molecular weight excluding hydrogens is 268 g/mol. The average Bonchev–Trinajstić information content (AvgIpc) is 2.52. The first-order valence-corrected chi connectivity index (χ1v) is 9.30. The van der Waals surface area contributed by atoms with E-state index in [1.165, 1.54) is 57.3 Å². The molecule has 3 atom stereocenters. The number of piperidine rings is 2. The van der Waals surface area contributed by atoms with Gasteiger partial charge in [-0.3, -0.25) is 4.90 Å². The molecule has 1 aromatic rings. The zero-order chi connectivity index (χ0) is 15.1. The van der Waals surface area contributed by atoms with Crippen molar-refractivity contribution in [3.63, 3.8) is 0 Å². The molecular formula is C20H30N2. The van der Waals surface area contributed by atoms with Crippen LogP contribution in [0.4, 0.5) is 0 Å². The van der Waals surface area contributed by atoms with Gasteiger partial charge in [-0.25, -0.2) is 0 Å². The fraction of sp³-hybridized carbons (Fsp3) is 0.700. The van der Waals surface area contributed by atoms with Gasteiger partial charge in [-0.15, -0.1) is 0 Å². The molecule has 1 N–H and O–H groups in total. The van der Waals surface area contributed by atoms with Crippen LogP contribution in [0.2, 0.25) is 0 Å². The second-order valence-electron chi connectivity index (χ2n) is 8.09. The number of hydrogen-bond donors (Lipinski definition) is 1. The number of hydrogen-bond acceptors (Lipinski definition) is 2. The van der Waals surface area contributed by atoms with Gasteiger partial charge in [-0.1, -0.05) is 32.0 Å². The van der Waals surface area contributed by atoms with Crippen molar-refractivity contribution in [3.8, 4) is 0 Å². The van der Waals surface area contributed by atoms with E-state index < -0.39 is 0 Å². The second-order valence-corrected chi connectivity index (χ2v) is 8.09. The van der Waals surface area contributed by atoms with Crippen LogP contribution in [0.15, 0.2) is 18.2 Å². The lowest BCUT2D eigenvalue weighted by atomic mass is 9.77. The second kappa shape index (κ2) is 5.98. The lowest BCUT2D eigenvalue weighted by Crippen LogP contribution is -2.54. The monoisotopic (exact) mass is 298 g/mol. The van der Waals surface area contributed by atoms with Gasteiger partial charge >= 0.3 is 0 Å². The van der Waals surface area contributed by atoms with Gasteiger partial charge in [0.1, 0.15) is 0 Å². The van der Waals surface area contributed by atoms with E-state index >= 15 is 0 Å². The minimum absolute atomic E-state index is 0.670. The SMILES string of the molecule is CC(C)Cc1ccc2c(c1)CCN1CC3CCCNC3CC21.